The Kier molecular flexibility index (Phi) is 9.85. The predicted molar refractivity (Wildman–Crippen MR) is 100 cm³/mol. The molecule has 138 valence electrons. The fourth-order valence-electron chi connectivity index (χ4n) is 1.69. The Bertz CT molecular complexity index is 476. The molecule has 1 N–H and O–H groups in total. The van der Waals surface area contributed by atoms with Crippen LogP contribution in [-0.2, 0) is 18.8 Å². The van der Waals surface area contributed by atoms with E-state index >= 15 is 0 Å². The largest absolute Gasteiger partial charge is 0.466 e. The molecular weight excluding hydrogens is 322 g/mol. The molecular formula is C18H33NO4Si. The van der Waals surface area contributed by atoms with E-state index in [4.69, 9.17) is 9.16 Å². The standard InChI is InChI=1S/C18H33NO4Si/c1-15(20)19-12-8-10-16(14-17(21)22-5)11-9-13-23-24(6,7)18(2,3)4/h8,12,14H,9-11,13H2,1-7H3,(H,19,20)/b12-8+,16-14-. The molecule has 0 heterocycles. The molecule has 24 heavy (non-hydrogen) atoms. The number of rotatable bonds is 9. The number of hydrogen-bond donors (Lipinski definition) is 1. The highest BCUT2D eigenvalue weighted by Crippen LogP contribution is 2.36. The minimum absolute atomic E-state index is 0.118. The lowest BCUT2D eigenvalue weighted by Gasteiger charge is -2.36. The zero-order chi connectivity index (χ0) is 18.8. The van der Waals surface area contributed by atoms with Crippen molar-refractivity contribution in [2.24, 2.45) is 0 Å². The molecule has 0 aromatic carbocycles. The first kappa shape index (κ1) is 22.6. The molecule has 0 radical (unpaired) electrons. The number of hydrogen-bond acceptors (Lipinski definition) is 4. The van der Waals surface area contributed by atoms with Gasteiger partial charge in [-0.15, -0.1) is 0 Å². The van der Waals surface area contributed by atoms with E-state index in [0.29, 0.717) is 13.0 Å². The number of amides is 1. The number of ether oxygens (including phenoxy) is 1. The van der Waals surface area contributed by atoms with Gasteiger partial charge in [0.2, 0.25) is 5.91 Å². The summed E-state index contributed by atoms with van der Waals surface area (Å²) in [5.41, 5.74) is 0.960. The van der Waals surface area contributed by atoms with Gasteiger partial charge in [-0.2, -0.15) is 0 Å². The minimum Gasteiger partial charge on any atom is -0.466 e. The average molecular weight is 356 g/mol. The van der Waals surface area contributed by atoms with Crippen molar-refractivity contribution < 1.29 is 18.8 Å². The maximum absolute atomic E-state index is 11.5. The van der Waals surface area contributed by atoms with Gasteiger partial charge in [-0.3, -0.25) is 4.79 Å². The molecule has 0 spiro atoms. The number of methoxy groups -OCH3 is 1. The molecule has 0 aliphatic rings. The van der Waals surface area contributed by atoms with Crippen LogP contribution < -0.4 is 5.32 Å². The summed E-state index contributed by atoms with van der Waals surface area (Å²) in [6.07, 6.45) is 7.14. The van der Waals surface area contributed by atoms with Gasteiger partial charge in [0.1, 0.15) is 0 Å². The number of carbonyl (C=O) groups is 2. The summed E-state index contributed by atoms with van der Waals surface area (Å²) in [6.45, 7) is 13.2. The first-order chi connectivity index (χ1) is 11.0. The van der Waals surface area contributed by atoms with Crippen molar-refractivity contribution in [3.05, 3.63) is 23.9 Å². The Morgan fingerprint density at radius 1 is 1.21 bits per heavy atom. The van der Waals surface area contributed by atoms with Crippen LogP contribution in [0.15, 0.2) is 23.9 Å². The Hall–Kier alpha value is -1.40. The number of esters is 1. The average Bonchev–Trinajstić information content (AvgIpc) is 2.45. The summed E-state index contributed by atoms with van der Waals surface area (Å²) < 4.78 is 10.9. The van der Waals surface area contributed by atoms with E-state index in [1.807, 2.05) is 6.08 Å². The van der Waals surface area contributed by atoms with E-state index in [1.54, 1.807) is 6.20 Å². The van der Waals surface area contributed by atoms with Crippen LogP contribution in [0.2, 0.25) is 18.1 Å². The van der Waals surface area contributed by atoms with E-state index in [1.165, 1.54) is 20.1 Å². The molecule has 0 aliphatic heterocycles. The molecule has 0 fully saturated rings. The summed E-state index contributed by atoms with van der Waals surface area (Å²) in [4.78, 5) is 22.3. The number of allylic oxidation sites excluding steroid dienone is 2. The second kappa shape index (κ2) is 10.5. The molecule has 0 unspecified atom stereocenters. The topological polar surface area (TPSA) is 64.6 Å². The quantitative estimate of drug-likeness (QED) is 0.295. The number of carbonyl (C=O) groups excluding carboxylic acids is 2. The van der Waals surface area contributed by atoms with Crippen molar-refractivity contribution in [1.29, 1.82) is 0 Å². The third-order valence-electron chi connectivity index (χ3n) is 4.22. The lowest BCUT2D eigenvalue weighted by atomic mass is 10.1. The molecule has 0 bridgehead atoms. The van der Waals surface area contributed by atoms with Gasteiger partial charge in [-0.05, 0) is 37.4 Å². The van der Waals surface area contributed by atoms with E-state index in [9.17, 15) is 9.59 Å². The maximum atomic E-state index is 11.5. The van der Waals surface area contributed by atoms with Gasteiger partial charge >= 0.3 is 5.97 Å². The molecule has 0 aromatic rings. The van der Waals surface area contributed by atoms with Crippen molar-refractivity contribution in [3.63, 3.8) is 0 Å². The first-order valence-corrected chi connectivity index (χ1v) is 11.2. The van der Waals surface area contributed by atoms with E-state index in [-0.39, 0.29) is 16.9 Å². The van der Waals surface area contributed by atoms with Crippen LogP contribution in [0.4, 0.5) is 0 Å². The van der Waals surface area contributed by atoms with Crippen LogP contribution in [0.5, 0.6) is 0 Å². The monoisotopic (exact) mass is 355 g/mol. The highest BCUT2D eigenvalue weighted by atomic mass is 28.4. The Morgan fingerprint density at radius 3 is 2.33 bits per heavy atom. The van der Waals surface area contributed by atoms with Crippen molar-refractivity contribution in [2.75, 3.05) is 13.7 Å². The smallest absolute Gasteiger partial charge is 0.330 e. The maximum Gasteiger partial charge on any atom is 0.330 e. The molecule has 6 heteroatoms. The third kappa shape index (κ3) is 9.67. The molecule has 0 aliphatic carbocycles. The molecule has 0 rings (SSSR count). The van der Waals surface area contributed by atoms with Crippen LogP contribution in [-0.4, -0.2) is 33.9 Å². The van der Waals surface area contributed by atoms with E-state index in [0.717, 1.165) is 18.4 Å². The van der Waals surface area contributed by atoms with E-state index < -0.39 is 8.32 Å². The van der Waals surface area contributed by atoms with Crippen LogP contribution in [0.1, 0.15) is 47.0 Å². The summed E-state index contributed by atoms with van der Waals surface area (Å²) >= 11 is 0. The normalized spacial score (nSPS) is 13.2. The third-order valence-corrected chi connectivity index (χ3v) is 8.76. The highest BCUT2D eigenvalue weighted by molar-refractivity contribution is 6.74. The van der Waals surface area contributed by atoms with Crippen LogP contribution in [0.25, 0.3) is 0 Å². The van der Waals surface area contributed by atoms with Gasteiger partial charge in [0.15, 0.2) is 8.32 Å². The van der Waals surface area contributed by atoms with Crippen LogP contribution >= 0.6 is 0 Å². The van der Waals surface area contributed by atoms with Crippen molar-refractivity contribution in [1.82, 2.24) is 5.32 Å². The molecule has 0 saturated heterocycles. The summed E-state index contributed by atoms with van der Waals surface area (Å²) in [7, 11) is -0.367. The summed E-state index contributed by atoms with van der Waals surface area (Å²) in [5.74, 6) is -0.476. The van der Waals surface area contributed by atoms with Crippen molar-refractivity contribution >= 4 is 20.2 Å². The second-order valence-corrected chi connectivity index (χ2v) is 12.2. The fourth-order valence-corrected chi connectivity index (χ4v) is 2.78. The molecule has 5 nitrogen and oxygen atoms in total. The summed E-state index contributed by atoms with van der Waals surface area (Å²) in [5, 5.41) is 2.78. The lowest BCUT2D eigenvalue weighted by Crippen LogP contribution is -2.40. The van der Waals surface area contributed by atoms with Gasteiger partial charge in [-0.25, -0.2) is 4.79 Å². The van der Waals surface area contributed by atoms with E-state index in [2.05, 4.69) is 39.2 Å². The van der Waals surface area contributed by atoms with Crippen LogP contribution in [0.3, 0.4) is 0 Å². The second-order valence-electron chi connectivity index (χ2n) is 7.35. The van der Waals surface area contributed by atoms with Crippen molar-refractivity contribution in [2.45, 2.75) is 65.1 Å². The van der Waals surface area contributed by atoms with Gasteiger partial charge in [-0.1, -0.05) is 32.4 Å². The number of nitrogens with one attached hydrogen (secondary N) is 1. The molecule has 0 atom stereocenters. The minimum atomic E-state index is -1.73. The van der Waals surface area contributed by atoms with Crippen molar-refractivity contribution in [3.8, 4) is 0 Å². The van der Waals surface area contributed by atoms with Crippen LogP contribution in [0, 0.1) is 0 Å². The molecule has 1 amide bonds. The van der Waals surface area contributed by atoms with Gasteiger partial charge in [0, 0.05) is 25.8 Å². The van der Waals surface area contributed by atoms with Gasteiger partial charge < -0.3 is 14.5 Å². The Labute approximate surface area is 147 Å². The lowest BCUT2D eigenvalue weighted by molar-refractivity contribution is -0.134. The van der Waals surface area contributed by atoms with Gasteiger partial charge in [0.05, 0.1) is 7.11 Å². The molecule has 0 aromatic heterocycles. The first-order valence-electron chi connectivity index (χ1n) is 8.33. The fraction of sp³-hybridized carbons (Fsp3) is 0.667. The zero-order valence-corrected chi connectivity index (χ0v) is 17.2. The van der Waals surface area contributed by atoms with Gasteiger partial charge in [0.25, 0.3) is 0 Å². The summed E-state index contributed by atoms with van der Waals surface area (Å²) in [6, 6.07) is 0. The predicted octanol–water partition coefficient (Wildman–Crippen LogP) is 3.93. The molecule has 0 saturated carbocycles. The Balaban J connectivity index is 4.52. The SMILES string of the molecule is COC(=O)/C=C(/C/C=C/NC(C)=O)CCCO[Si](C)(C)C(C)(C)C. The Morgan fingerprint density at radius 2 is 1.83 bits per heavy atom. The zero-order valence-electron chi connectivity index (χ0n) is 16.2. The highest BCUT2D eigenvalue weighted by Gasteiger charge is 2.36.